The third-order valence-corrected chi connectivity index (χ3v) is 3.75. The molecule has 2 aromatic rings. The second kappa shape index (κ2) is 6.12. The summed E-state index contributed by atoms with van der Waals surface area (Å²) in [4.78, 5) is 6.82. The van der Waals surface area contributed by atoms with Crippen LogP contribution in [0, 0.1) is 5.82 Å². The van der Waals surface area contributed by atoms with Crippen LogP contribution in [0.3, 0.4) is 0 Å². The van der Waals surface area contributed by atoms with Crippen molar-refractivity contribution in [3.63, 3.8) is 0 Å². The summed E-state index contributed by atoms with van der Waals surface area (Å²) in [7, 11) is 0. The zero-order valence-corrected chi connectivity index (χ0v) is 12.3. The van der Waals surface area contributed by atoms with Gasteiger partial charge in [-0.3, -0.25) is 0 Å². The number of benzene rings is 1. The van der Waals surface area contributed by atoms with E-state index in [0.717, 1.165) is 49.7 Å². The molecule has 0 bridgehead atoms. The van der Waals surface area contributed by atoms with Crippen LogP contribution in [-0.4, -0.2) is 18.1 Å². The molecule has 0 aliphatic carbocycles. The Morgan fingerprint density at radius 1 is 1.29 bits per heavy atom. The van der Waals surface area contributed by atoms with Gasteiger partial charge in [-0.1, -0.05) is 19.1 Å². The number of aromatic nitrogens is 1. The SMILES string of the molecule is CCCNc1cccc(CN2CCc3ccc(F)cc32)n1. The van der Waals surface area contributed by atoms with Gasteiger partial charge in [0.15, 0.2) is 0 Å². The molecule has 0 radical (unpaired) electrons. The van der Waals surface area contributed by atoms with Crippen LogP contribution in [-0.2, 0) is 13.0 Å². The molecular formula is C17H20FN3. The Morgan fingerprint density at radius 2 is 2.19 bits per heavy atom. The molecule has 0 unspecified atom stereocenters. The Kier molecular flexibility index (Phi) is 4.04. The van der Waals surface area contributed by atoms with E-state index in [9.17, 15) is 4.39 Å². The lowest BCUT2D eigenvalue weighted by molar-refractivity contribution is 0.627. The molecule has 1 aromatic heterocycles. The minimum Gasteiger partial charge on any atom is -0.370 e. The Hall–Kier alpha value is -2.10. The van der Waals surface area contributed by atoms with Crippen LogP contribution in [0.25, 0.3) is 0 Å². The molecule has 4 heteroatoms. The zero-order chi connectivity index (χ0) is 14.7. The monoisotopic (exact) mass is 285 g/mol. The minimum atomic E-state index is -0.174. The molecule has 1 aromatic carbocycles. The Balaban J connectivity index is 1.75. The van der Waals surface area contributed by atoms with E-state index >= 15 is 0 Å². The molecule has 21 heavy (non-hydrogen) atoms. The van der Waals surface area contributed by atoms with Crippen molar-refractivity contribution in [3.05, 3.63) is 53.5 Å². The van der Waals surface area contributed by atoms with Crippen LogP contribution in [0.2, 0.25) is 0 Å². The lowest BCUT2D eigenvalue weighted by Gasteiger charge is -2.19. The van der Waals surface area contributed by atoms with Crippen molar-refractivity contribution in [2.24, 2.45) is 0 Å². The van der Waals surface area contributed by atoms with Gasteiger partial charge in [0.1, 0.15) is 11.6 Å². The standard InChI is InChI=1S/C17H20FN3/c1-2-9-19-17-5-3-4-15(20-17)12-21-10-8-13-6-7-14(18)11-16(13)21/h3-7,11H,2,8-10,12H2,1H3,(H,19,20). The van der Waals surface area contributed by atoms with Gasteiger partial charge in [-0.2, -0.15) is 0 Å². The first-order valence-corrected chi connectivity index (χ1v) is 7.49. The van der Waals surface area contributed by atoms with E-state index < -0.39 is 0 Å². The molecule has 1 aliphatic rings. The van der Waals surface area contributed by atoms with Gasteiger partial charge in [0.05, 0.1) is 12.2 Å². The summed E-state index contributed by atoms with van der Waals surface area (Å²) < 4.78 is 13.4. The molecule has 0 spiro atoms. The van der Waals surface area contributed by atoms with Gasteiger partial charge in [0.25, 0.3) is 0 Å². The second-order valence-corrected chi connectivity index (χ2v) is 5.39. The maximum absolute atomic E-state index is 13.4. The summed E-state index contributed by atoms with van der Waals surface area (Å²) in [6.45, 7) is 4.70. The number of hydrogen-bond donors (Lipinski definition) is 1. The topological polar surface area (TPSA) is 28.2 Å². The lowest BCUT2D eigenvalue weighted by Crippen LogP contribution is -2.20. The van der Waals surface area contributed by atoms with Crippen LogP contribution in [0.4, 0.5) is 15.9 Å². The maximum Gasteiger partial charge on any atom is 0.126 e. The molecule has 1 aliphatic heterocycles. The summed E-state index contributed by atoms with van der Waals surface area (Å²) in [5.74, 6) is 0.736. The van der Waals surface area contributed by atoms with Crippen molar-refractivity contribution in [3.8, 4) is 0 Å². The van der Waals surface area contributed by atoms with Crippen LogP contribution >= 0.6 is 0 Å². The highest BCUT2D eigenvalue weighted by atomic mass is 19.1. The predicted molar refractivity (Wildman–Crippen MR) is 84.2 cm³/mol. The first-order chi connectivity index (χ1) is 10.3. The summed E-state index contributed by atoms with van der Waals surface area (Å²) >= 11 is 0. The maximum atomic E-state index is 13.4. The van der Waals surface area contributed by atoms with Gasteiger partial charge in [-0.05, 0) is 42.7 Å². The molecular weight excluding hydrogens is 265 g/mol. The number of pyridine rings is 1. The highest BCUT2D eigenvalue weighted by molar-refractivity contribution is 5.58. The fourth-order valence-electron chi connectivity index (χ4n) is 2.70. The number of anilines is 2. The van der Waals surface area contributed by atoms with Crippen molar-refractivity contribution < 1.29 is 4.39 Å². The number of nitrogens with one attached hydrogen (secondary N) is 1. The highest BCUT2D eigenvalue weighted by Crippen LogP contribution is 2.29. The molecule has 1 N–H and O–H groups in total. The lowest BCUT2D eigenvalue weighted by atomic mass is 10.2. The quantitative estimate of drug-likeness (QED) is 0.909. The third kappa shape index (κ3) is 3.15. The largest absolute Gasteiger partial charge is 0.370 e. The molecule has 0 atom stereocenters. The van der Waals surface area contributed by atoms with Crippen molar-refractivity contribution >= 4 is 11.5 Å². The Labute approximate surface area is 124 Å². The second-order valence-electron chi connectivity index (χ2n) is 5.39. The summed E-state index contributed by atoms with van der Waals surface area (Å²) in [5, 5.41) is 3.30. The first-order valence-electron chi connectivity index (χ1n) is 7.49. The van der Waals surface area contributed by atoms with Gasteiger partial charge in [0, 0.05) is 18.8 Å². The van der Waals surface area contributed by atoms with E-state index in [1.165, 1.54) is 11.6 Å². The van der Waals surface area contributed by atoms with E-state index in [0.29, 0.717) is 0 Å². The average molecular weight is 285 g/mol. The Bertz CT molecular complexity index is 627. The first kappa shape index (κ1) is 13.9. The van der Waals surface area contributed by atoms with E-state index in [1.807, 2.05) is 24.3 Å². The number of hydrogen-bond acceptors (Lipinski definition) is 3. The van der Waals surface area contributed by atoms with Gasteiger partial charge in [-0.25, -0.2) is 9.37 Å². The summed E-state index contributed by atoms with van der Waals surface area (Å²) in [6.07, 6.45) is 2.05. The molecule has 0 saturated carbocycles. The number of halogens is 1. The van der Waals surface area contributed by atoms with E-state index in [-0.39, 0.29) is 5.82 Å². The van der Waals surface area contributed by atoms with Crippen molar-refractivity contribution in [2.75, 3.05) is 23.3 Å². The number of nitrogens with zero attached hydrogens (tertiary/aromatic N) is 2. The third-order valence-electron chi connectivity index (χ3n) is 3.75. The number of fused-ring (bicyclic) bond motifs is 1. The normalized spacial score (nSPS) is 13.3. The Morgan fingerprint density at radius 3 is 3.05 bits per heavy atom. The van der Waals surface area contributed by atoms with Crippen LogP contribution < -0.4 is 10.2 Å². The van der Waals surface area contributed by atoms with E-state index in [1.54, 1.807) is 6.07 Å². The molecule has 110 valence electrons. The van der Waals surface area contributed by atoms with Crippen molar-refractivity contribution in [1.29, 1.82) is 0 Å². The molecule has 0 saturated heterocycles. The predicted octanol–water partition coefficient (Wildman–Crippen LogP) is 3.61. The molecule has 2 heterocycles. The van der Waals surface area contributed by atoms with Gasteiger partial charge in [-0.15, -0.1) is 0 Å². The van der Waals surface area contributed by atoms with Crippen LogP contribution in [0.15, 0.2) is 36.4 Å². The minimum absolute atomic E-state index is 0.174. The summed E-state index contributed by atoms with van der Waals surface area (Å²) in [6, 6.07) is 11.1. The summed E-state index contributed by atoms with van der Waals surface area (Å²) in [5.41, 5.74) is 3.23. The molecule has 0 amide bonds. The van der Waals surface area contributed by atoms with Crippen molar-refractivity contribution in [1.82, 2.24) is 4.98 Å². The fraction of sp³-hybridized carbons (Fsp3) is 0.353. The fourth-order valence-corrected chi connectivity index (χ4v) is 2.70. The van der Waals surface area contributed by atoms with Gasteiger partial charge >= 0.3 is 0 Å². The molecule has 3 rings (SSSR count). The molecule has 0 fully saturated rings. The zero-order valence-electron chi connectivity index (χ0n) is 12.3. The van der Waals surface area contributed by atoms with Crippen LogP contribution in [0.1, 0.15) is 24.6 Å². The van der Waals surface area contributed by atoms with Crippen LogP contribution in [0.5, 0.6) is 0 Å². The van der Waals surface area contributed by atoms with Gasteiger partial charge in [0.2, 0.25) is 0 Å². The average Bonchev–Trinajstić information content (AvgIpc) is 2.88. The molecule has 3 nitrogen and oxygen atoms in total. The van der Waals surface area contributed by atoms with Gasteiger partial charge < -0.3 is 10.2 Å². The highest BCUT2D eigenvalue weighted by Gasteiger charge is 2.20. The smallest absolute Gasteiger partial charge is 0.126 e. The van der Waals surface area contributed by atoms with E-state index in [4.69, 9.17) is 0 Å². The van der Waals surface area contributed by atoms with Crippen molar-refractivity contribution in [2.45, 2.75) is 26.3 Å². The van der Waals surface area contributed by atoms with E-state index in [2.05, 4.69) is 22.1 Å². The number of rotatable bonds is 5.